The van der Waals surface area contributed by atoms with E-state index >= 15 is 0 Å². The molecular formula is C19H25N3O. The molecule has 1 unspecified atom stereocenters. The van der Waals surface area contributed by atoms with E-state index in [-0.39, 0.29) is 5.91 Å². The number of hydrogen-bond donors (Lipinski definition) is 2. The highest BCUT2D eigenvalue weighted by molar-refractivity contribution is 5.83. The molecule has 122 valence electrons. The lowest BCUT2D eigenvalue weighted by molar-refractivity contribution is -0.131. The number of amides is 1. The van der Waals surface area contributed by atoms with E-state index in [1.54, 1.807) is 12.4 Å². The van der Waals surface area contributed by atoms with Gasteiger partial charge in [0.15, 0.2) is 0 Å². The van der Waals surface area contributed by atoms with Crippen LogP contribution >= 0.6 is 0 Å². The van der Waals surface area contributed by atoms with E-state index in [2.05, 4.69) is 27.8 Å². The largest absolute Gasteiger partial charge is 0.334 e. The van der Waals surface area contributed by atoms with Crippen molar-refractivity contribution in [1.82, 2.24) is 15.6 Å². The fourth-order valence-corrected chi connectivity index (χ4v) is 2.55. The summed E-state index contributed by atoms with van der Waals surface area (Å²) in [4.78, 5) is 16.9. The first-order valence-electron chi connectivity index (χ1n) is 7.83. The number of carbonyl (C=O) groups excluding carboxylic acids is 1. The predicted molar refractivity (Wildman–Crippen MR) is 92.7 cm³/mol. The van der Waals surface area contributed by atoms with Crippen molar-refractivity contribution in [3.63, 3.8) is 0 Å². The Hall–Kier alpha value is -2.20. The fourth-order valence-electron chi connectivity index (χ4n) is 2.55. The van der Waals surface area contributed by atoms with Gasteiger partial charge in [-0.15, -0.1) is 0 Å². The van der Waals surface area contributed by atoms with E-state index in [9.17, 15) is 4.79 Å². The molecule has 2 rings (SSSR count). The third kappa shape index (κ3) is 4.17. The molecule has 23 heavy (non-hydrogen) atoms. The molecule has 1 amide bonds. The Morgan fingerprint density at radius 1 is 1.04 bits per heavy atom. The molecular weight excluding hydrogens is 286 g/mol. The first-order valence-corrected chi connectivity index (χ1v) is 7.83. The van der Waals surface area contributed by atoms with Crippen LogP contribution in [0.25, 0.3) is 0 Å². The molecule has 2 aromatic rings. The lowest BCUT2D eigenvalue weighted by atomic mass is 9.84. The van der Waals surface area contributed by atoms with Gasteiger partial charge in [-0.25, -0.2) is 0 Å². The third-order valence-corrected chi connectivity index (χ3v) is 4.22. The lowest BCUT2D eigenvalue weighted by Crippen LogP contribution is -2.56. The third-order valence-electron chi connectivity index (χ3n) is 4.22. The van der Waals surface area contributed by atoms with Gasteiger partial charge in [-0.05, 0) is 43.7 Å². The molecule has 0 saturated heterocycles. The molecule has 4 nitrogen and oxygen atoms in total. The van der Waals surface area contributed by atoms with Crippen molar-refractivity contribution in [2.75, 3.05) is 7.05 Å². The summed E-state index contributed by atoms with van der Waals surface area (Å²) in [6, 6.07) is 13.9. The maximum atomic E-state index is 12.9. The average molecular weight is 311 g/mol. The normalized spacial score (nSPS) is 14.1. The quantitative estimate of drug-likeness (QED) is 0.807. The molecule has 2 N–H and O–H groups in total. The Morgan fingerprint density at radius 2 is 1.65 bits per heavy atom. The molecule has 0 aliphatic carbocycles. The number of rotatable bonds is 6. The highest BCUT2D eigenvalue weighted by Crippen LogP contribution is 2.25. The van der Waals surface area contributed by atoms with Crippen LogP contribution < -0.4 is 10.6 Å². The zero-order chi connectivity index (χ0) is 16.9. The number of aromatic nitrogens is 1. The first-order chi connectivity index (χ1) is 10.9. The smallest absolute Gasteiger partial charge is 0.227 e. The van der Waals surface area contributed by atoms with Gasteiger partial charge in [-0.1, -0.05) is 44.2 Å². The summed E-state index contributed by atoms with van der Waals surface area (Å²) in [5, 5.41) is 6.34. The molecule has 0 radical (unpaired) electrons. The summed E-state index contributed by atoms with van der Waals surface area (Å²) in [5.74, 6) is 0.00927. The number of benzene rings is 1. The maximum absolute atomic E-state index is 12.9. The molecule has 1 aromatic carbocycles. The number of nitrogens with zero attached hydrogens (tertiary/aromatic N) is 1. The van der Waals surface area contributed by atoms with Crippen LogP contribution in [0.5, 0.6) is 0 Å². The zero-order valence-electron chi connectivity index (χ0n) is 14.3. The van der Waals surface area contributed by atoms with Crippen molar-refractivity contribution in [3.05, 3.63) is 66.0 Å². The molecule has 0 spiro atoms. The summed E-state index contributed by atoms with van der Waals surface area (Å²) in [6.07, 6.45) is 4.15. The van der Waals surface area contributed by atoms with Crippen LogP contribution in [-0.4, -0.2) is 17.9 Å². The van der Waals surface area contributed by atoms with Crippen LogP contribution in [0.3, 0.4) is 0 Å². The highest BCUT2D eigenvalue weighted by Gasteiger charge is 2.34. The summed E-state index contributed by atoms with van der Waals surface area (Å²) in [7, 11) is 1.84. The van der Waals surface area contributed by atoms with Crippen LogP contribution in [0.2, 0.25) is 0 Å². The molecule has 1 aromatic heterocycles. The Kier molecular flexibility index (Phi) is 5.16. The second-order valence-electron chi connectivity index (χ2n) is 6.61. The van der Waals surface area contributed by atoms with Crippen LogP contribution in [0, 0.1) is 5.41 Å². The van der Waals surface area contributed by atoms with E-state index in [4.69, 9.17) is 0 Å². The van der Waals surface area contributed by atoms with Crippen LogP contribution in [-0.2, 0) is 16.9 Å². The number of hydrogen-bond acceptors (Lipinski definition) is 3. The molecule has 0 saturated carbocycles. The second-order valence-corrected chi connectivity index (χ2v) is 6.61. The number of carbonyl (C=O) groups is 1. The summed E-state index contributed by atoms with van der Waals surface area (Å²) in [5.41, 5.74) is 0.988. The first kappa shape index (κ1) is 17.2. The Labute approximate surface area is 138 Å². The van der Waals surface area contributed by atoms with E-state index in [1.165, 1.54) is 0 Å². The van der Waals surface area contributed by atoms with Crippen molar-refractivity contribution in [2.24, 2.45) is 5.41 Å². The van der Waals surface area contributed by atoms with Gasteiger partial charge in [-0.3, -0.25) is 15.1 Å². The van der Waals surface area contributed by atoms with E-state index < -0.39 is 11.1 Å². The van der Waals surface area contributed by atoms with Gasteiger partial charge in [-0.2, -0.15) is 0 Å². The molecule has 0 aliphatic heterocycles. The van der Waals surface area contributed by atoms with Gasteiger partial charge >= 0.3 is 0 Å². The van der Waals surface area contributed by atoms with Crippen molar-refractivity contribution < 1.29 is 4.79 Å². The Bertz CT molecular complexity index is 640. The SMILES string of the molecule is CNC(C)(NC(=O)C(C)(C)Cc1ccccc1)c1ccncc1. The van der Waals surface area contributed by atoms with E-state index in [0.717, 1.165) is 11.1 Å². The minimum atomic E-state index is -0.631. The van der Waals surface area contributed by atoms with Crippen molar-refractivity contribution in [1.29, 1.82) is 0 Å². The monoisotopic (exact) mass is 311 g/mol. The summed E-state index contributed by atoms with van der Waals surface area (Å²) in [6.45, 7) is 5.90. The molecule has 1 atom stereocenters. The van der Waals surface area contributed by atoms with Gasteiger partial charge in [0, 0.05) is 17.8 Å². The van der Waals surface area contributed by atoms with Crippen LogP contribution in [0.15, 0.2) is 54.9 Å². The van der Waals surface area contributed by atoms with Gasteiger partial charge in [0.05, 0.1) is 0 Å². The maximum Gasteiger partial charge on any atom is 0.227 e. The van der Waals surface area contributed by atoms with Crippen LogP contribution in [0.4, 0.5) is 0 Å². The Balaban J connectivity index is 2.15. The van der Waals surface area contributed by atoms with Gasteiger partial charge in [0.2, 0.25) is 5.91 Å². The molecule has 0 bridgehead atoms. The topological polar surface area (TPSA) is 54.0 Å². The average Bonchev–Trinajstić information content (AvgIpc) is 2.56. The van der Waals surface area contributed by atoms with Crippen LogP contribution in [0.1, 0.15) is 31.9 Å². The van der Waals surface area contributed by atoms with Crippen molar-refractivity contribution >= 4 is 5.91 Å². The zero-order valence-corrected chi connectivity index (χ0v) is 14.3. The van der Waals surface area contributed by atoms with Gasteiger partial charge < -0.3 is 5.32 Å². The number of pyridine rings is 1. The van der Waals surface area contributed by atoms with E-state index in [1.807, 2.05) is 58.2 Å². The standard InChI is InChI=1S/C19H25N3O/c1-18(2,14-15-8-6-5-7-9-15)17(23)22-19(3,20-4)16-10-12-21-13-11-16/h5-13,20H,14H2,1-4H3,(H,22,23). The molecule has 0 aliphatic rings. The summed E-state index contributed by atoms with van der Waals surface area (Å²) >= 11 is 0. The molecule has 1 heterocycles. The fraction of sp³-hybridized carbons (Fsp3) is 0.368. The number of nitrogens with one attached hydrogen (secondary N) is 2. The van der Waals surface area contributed by atoms with Gasteiger partial charge in [0.25, 0.3) is 0 Å². The molecule has 0 fully saturated rings. The van der Waals surface area contributed by atoms with E-state index in [0.29, 0.717) is 6.42 Å². The van der Waals surface area contributed by atoms with Crippen molar-refractivity contribution in [2.45, 2.75) is 32.9 Å². The van der Waals surface area contributed by atoms with Crippen molar-refractivity contribution in [3.8, 4) is 0 Å². The second kappa shape index (κ2) is 6.92. The summed E-state index contributed by atoms with van der Waals surface area (Å²) < 4.78 is 0. The minimum absolute atomic E-state index is 0.00927. The Morgan fingerprint density at radius 3 is 2.22 bits per heavy atom. The minimum Gasteiger partial charge on any atom is -0.334 e. The highest BCUT2D eigenvalue weighted by atomic mass is 16.2. The van der Waals surface area contributed by atoms with Gasteiger partial charge in [0.1, 0.15) is 5.66 Å². The predicted octanol–water partition coefficient (Wildman–Crippen LogP) is 2.86. The lowest BCUT2D eigenvalue weighted by Gasteiger charge is -2.35. The molecule has 4 heteroatoms.